The molecule has 0 bridgehead atoms. The van der Waals surface area contributed by atoms with Crippen molar-refractivity contribution in [2.24, 2.45) is 0 Å². The number of hydrogen-bond acceptors (Lipinski definition) is 7. The summed E-state index contributed by atoms with van der Waals surface area (Å²) in [7, 11) is -2.24. The third-order valence-electron chi connectivity index (χ3n) is 4.79. The summed E-state index contributed by atoms with van der Waals surface area (Å²) in [5, 5.41) is 10.8. The molecular weight excluding hydrogens is 398 g/mol. The number of nitrogens with one attached hydrogen (secondary N) is 1. The molecule has 2 aromatic carbocycles. The number of hydrogen-bond donors (Lipinski definition) is 1. The molecule has 1 atom stereocenters. The quantitative estimate of drug-likeness (QED) is 0.512. The molecule has 9 nitrogen and oxygen atoms in total. The van der Waals surface area contributed by atoms with Crippen LogP contribution in [0.4, 0.5) is 5.69 Å². The number of sulfonamides is 1. The number of nitro benzene ring substituents is 1. The van der Waals surface area contributed by atoms with E-state index in [9.17, 15) is 18.5 Å². The monoisotopic (exact) mass is 421 g/mol. The van der Waals surface area contributed by atoms with E-state index in [1.807, 2.05) is 24.3 Å². The first-order valence-electron chi connectivity index (χ1n) is 9.10. The predicted octanol–water partition coefficient (Wildman–Crippen LogP) is 1.96. The molecule has 1 N–H and O–H groups in total. The Balaban J connectivity index is 1.80. The first-order valence-corrected chi connectivity index (χ1v) is 10.6. The molecule has 29 heavy (non-hydrogen) atoms. The minimum Gasteiger partial charge on any atom is -0.497 e. The van der Waals surface area contributed by atoms with Crippen molar-refractivity contribution in [1.82, 2.24) is 9.62 Å². The first kappa shape index (κ1) is 21.2. The van der Waals surface area contributed by atoms with Gasteiger partial charge in [0.1, 0.15) is 5.75 Å². The lowest BCUT2D eigenvalue weighted by atomic mass is 10.0. The van der Waals surface area contributed by atoms with Crippen LogP contribution in [-0.4, -0.2) is 58.2 Å². The van der Waals surface area contributed by atoms with Crippen molar-refractivity contribution in [3.8, 4) is 5.75 Å². The average molecular weight is 421 g/mol. The van der Waals surface area contributed by atoms with E-state index < -0.39 is 14.9 Å². The largest absolute Gasteiger partial charge is 0.497 e. The zero-order valence-corrected chi connectivity index (χ0v) is 16.8. The fourth-order valence-corrected chi connectivity index (χ4v) is 4.25. The molecule has 0 aromatic heterocycles. The maximum Gasteiger partial charge on any atom is 0.269 e. The van der Waals surface area contributed by atoms with Crippen molar-refractivity contribution in [1.29, 1.82) is 0 Å². The van der Waals surface area contributed by atoms with E-state index in [0.29, 0.717) is 32.1 Å². The zero-order valence-electron chi connectivity index (χ0n) is 16.0. The Hall–Kier alpha value is -2.53. The Labute approximate surface area is 169 Å². The summed E-state index contributed by atoms with van der Waals surface area (Å²) in [6, 6.07) is 12.1. The maximum atomic E-state index is 12.7. The van der Waals surface area contributed by atoms with Crippen LogP contribution in [0.5, 0.6) is 5.75 Å². The second-order valence-electron chi connectivity index (χ2n) is 6.54. The Morgan fingerprint density at radius 3 is 2.52 bits per heavy atom. The first-order chi connectivity index (χ1) is 13.9. The van der Waals surface area contributed by atoms with E-state index >= 15 is 0 Å². The third-order valence-corrected chi connectivity index (χ3v) is 6.23. The number of morpholine rings is 1. The summed E-state index contributed by atoms with van der Waals surface area (Å²) in [5.74, 6) is 0.694. The van der Waals surface area contributed by atoms with Crippen LogP contribution < -0.4 is 9.46 Å². The van der Waals surface area contributed by atoms with Crippen molar-refractivity contribution >= 4 is 15.7 Å². The second kappa shape index (κ2) is 9.31. The fraction of sp³-hybridized carbons (Fsp3) is 0.368. The molecule has 10 heteroatoms. The van der Waals surface area contributed by atoms with Gasteiger partial charge in [-0.15, -0.1) is 0 Å². The fourth-order valence-electron chi connectivity index (χ4n) is 3.21. The Morgan fingerprint density at radius 1 is 1.21 bits per heavy atom. The molecule has 0 amide bonds. The second-order valence-corrected chi connectivity index (χ2v) is 8.31. The highest BCUT2D eigenvalue weighted by atomic mass is 32.2. The Kier molecular flexibility index (Phi) is 6.80. The lowest BCUT2D eigenvalue weighted by Crippen LogP contribution is -2.43. The van der Waals surface area contributed by atoms with E-state index in [2.05, 4.69) is 9.62 Å². The highest BCUT2D eigenvalue weighted by Gasteiger charge is 2.25. The molecule has 0 unspecified atom stereocenters. The van der Waals surface area contributed by atoms with Crippen molar-refractivity contribution in [3.63, 3.8) is 0 Å². The molecule has 1 heterocycles. The number of non-ortho nitro benzene ring substituents is 1. The molecule has 0 radical (unpaired) electrons. The van der Waals surface area contributed by atoms with E-state index in [0.717, 1.165) is 5.56 Å². The number of methoxy groups -OCH3 is 1. The normalized spacial score (nSPS) is 16.3. The smallest absolute Gasteiger partial charge is 0.269 e. The molecule has 1 fully saturated rings. The van der Waals surface area contributed by atoms with Gasteiger partial charge in [-0.05, 0) is 29.8 Å². The van der Waals surface area contributed by atoms with Gasteiger partial charge in [-0.25, -0.2) is 13.1 Å². The molecule has 3 rings (SSSR count). The van der Waals surface area contributed by atoms with Gasteiger partial charge in [0.15, 0.2) is 0 Å². The summed E-state index contributed by atoms with van der Waals surface area (Å²) < 4.78 is 38.8. The predicted molar refractivity (Wildman–Crippen MR) is 106 cm³/mol. The van der Waals surface area contributed by atoms with Crippen LogP contribution in [0.15, 0.2) is 53.4 Å². The molecule has 1 saturated heterocycles. The number of nitro groups is 1. The molecule has 1 aliphatic rings. The molecule has 156 valence electrons. The van der Waals surface area contributed by atoms with Gasteiger partial charge in [0, 0.05) is 37.8 Å². The Morgan fingerprint density at radius 2 is 1.90 bits per heavy atom. The standard InChI is InChI=1S/C19H23N3O6S/c1-27-17-4-2-3-15(13-17)19(21-9-11-28-12-10-21)14-20-29(25,26)18-7-5-16(6-8-18)22(23)24/h2-8,13,19-20H,9-12,14H2,1H3/t19-/m1/s1. The summed E-state index contributed by atoms with van der Waals surface area (Å²) in [4.78, 5) is 12.4. The van der Waals surface area contributed by atoms with Crippen LogP contribution >= 0.6 is 0 Å². The van der Waals surface area contributed by atoms with Crippen LogP contribution in [-0.2, 0) is 14.8 Å². The number of benzene rings is 2. The summed E-state index contributed by atoms with van der Waals surface area (Å²) in [6.45, 7) is 2.67. The van der Waals surface area contributed by atoms with Gasteiger partial charge in [0.2, 0.25) is 10.0 Å². The van der Waals surface area contributed by atoms with Crippen molar-refractivity contribution in [2.75, 3.05) is 40.0 Å². The summed E-state index contributed by atoms with van der Waals surface area (Å²) in [6.07, 6.45) is 0. The van der Waals surface area contributed by atoms with E-state index in [-0.39, 0.29) is 23.2 Å². The summed E-state index contributed by atoms with van der Waals surface area (Å²) >= 11 is 0. The molecule has 0 saturated carbocycles. The van der Waals surface area contributed by atoms with Crippen molar-refractivity contribution in [3.05, 3.63) is 64.2 Å². The van der Waals surface area contributed by atoms with Crippen molar-refractivity contribution in [2.45, 2.75) is 10.9 Å². The van der Waals surface area contributed by atoms with Gasteiger partial charge in [-0.2, -0.15) is 0 Å². The third kappa shape index (κ3) is 5.30. The summed E-state index contributed by atoms with van der Waals surface area (Å²) in [5.41, 5.74) is 0.768. The van der Waals surface area contributed by atoms with Crippen LogP contribution in [0.2, 0.25) is 0 Å². The topological polar surface area (TPSA) is 111 Å². The molecule has 0 aliphatic carbocycles. The van der Waals surface area contributed by atoms with Gasteiger partial charge in [0.05, 0.1) is 30.1 Å². The zero-order chi connectivity index (χ0) is 20.9. The van der Waals surface area contributed by atoms with Gasteiger partial charge in [-0.3, -0.25) is 15.0 Å². The lowest BCUT2D eigenvalue weighted by molar-refractivity contribution is -0.384. The lowest BCUT2D eigenvalue weighted by Gasteiger charge is -2.35. The number of rotatable bonds is 8. The minimum atomic E-state index is -3.82. The van der Waals surface area contributed by atoms with E-state index in [4.69, 9.17) is 9.47 Å². The van der Waals surface area contributed by atoms with Gasteiger partial charge >= 0.3 is 0 Å². The number of nitrogens with zero attached hydrogens (tertiary/aromatic N) is 2. The number of ether oxygens (including phenoxy) is 2. The molecule has 2 aromatic rings. The average Bonchev–Trinajstić information content (AvgIpc) is 2.75. The molecule has 0 spiro atoms. The van der Waals surface area contributed by atoms with Gasteiger partial charge in [0.25, 0.3) is 5.69 Å². The van der Waals surface area contributed by atoms with Crippen LogP contribution in [0.25, 0.3) is 0 Å². The van der Waals surface area contributed by atoms with Crippen LogP contribution in [0.3, 0.4) is 0 Å². The van der Waals surface area contributed by atoms with Crippen molar-refractivity contribution < 1.29 is 22.8 Å². The van der Waals surface area contributed by atoms with Crippen LogP contribution in [0.1, 0.15) is 11.6 Å². The molecule has 1 aliphatic heterocycles. The Bertz CT molecular complexity index is 943. The van der Waals surface area contributed by atoms with E-state index in [1.165, 1.54) is 24.3 Å². The van der Waals surface area contributed by atoms with E-state index in [1.54, 1.807) is 7.11 Å². The SMILES string of the molecule is COc1cccc([C@@H](CNS(=O)(=O)c2ccc([N+](=O)[O-])cc2)N2CCOCC2)c1. The van der Waals surface area contributed by atoms with Gasteiger partial charge < -0.3 is 9.47 Å². The minimum absolute atomic E-state index is 0.0190. The highest BCUT2D eigenvalue weighted by Crippen LogP contribution is 2.25. The highest BCUT2D eigenvalue weighted by molar-refractivity contribution is 7.89. The molecular formula is C19H23N3O6S. The van der Waals surface area contributed by atoms with Gasteiger partial charge in [-0.1, -0.05) is 12.1 Å². The maximum absolute atomic E-state index is 12.7. The van der Waals surface area contributed by atoms with Crippen LogP contribution in [0, 0.1) is 10.1 Å².